The summed E-state index contributed by atoms with van der Waals surface area (Å²) in [5.41, 5.74) is 6.34. The minimum atomic E-state index is -3.24. The first-order valence-corrected chi connectivity index (χ1v) is 29.4. The molecule has 0 bridgehead atoms. The van der Waals surface area contributed by atoms with Gasteiger partial charge < -0.3 is 0 Å². The Kier molecular flexibility index (Phi) is 15.4. The van der Waals surface area contributed by atoms with Crippen LogP contribution in [0.2, 0.25) is 6.55 Å². The van der Waals surface area contributed by atoms with Gasteiger partial charge in [0.25, 0.3) is 0 Å². The van der Waals surface area contributed by atoms with Crippen LogP contribution in [0.4, 0.5) is 5.69 Å². The number of hydrogen-bond acceptors (Lipinski definition) is 2. The maximum absolute atomic E-state index is 4.70. The van der Waals surface area contributed by atoms with Crippen LogP contribution in [-0.2, 0) is 19.4 Å². The van der Waals surface area contributed by atoms with Crippen LogP contribution in [0.1, 0.15) is 98.3 Å². The van der Waals surface area contributed by atoms with E-state index in [0.29, 0.717) is 12.0 Å². The van der Waals surface area contributed by atoms with Crippen molar-refractivity contribution >= 4 is 40.5 Å². The predicted octanol–water partition coefficient (Wildman–Crippen LogP) is 7.95. The van der Waals surface area contributed by atoms with E-state index in [2.05, 4.69) is 77.5 Å². The van der Waals surface area contributed by atoms with E-state index in [1.165, 1.54) is 76.3 Å². The fourth-order valence-corrected chi connectivity index (χ4v) is 43.7. The van der Waals surface area contributed by atoms with Crippen molar-refractivity contribution in [3.05, 3.63) is 44.3 Å². The van der Waals surface area contributed by atoms with Gasteiger partial charge in [-0.3, -0.25) is 0 Å². The molecule has 2 unspecified atom stereocenters. The Morgan fingerprint density at radius 3 is 1.75 bits per heavy atom. The van der Waals surface area contributed by atoms with Crippen LogP contribution in [0, 0.1) is 5.92 Å². The van der Waals surface area contributed by atoms with Crippen molar-refractivity contribution < 1.29 is 19.4 Å². The van der Waals surface area contributed by atoms with Crippen LogP contribution in [0.25, 0.3) is 0 Å². The molecule has 6 heteroatoms. The average molecular weight is 720 g/mol. The van der Waals surface area contributed by atoms with E-state index < -0.39 is 19.4 Å². The van der Waals surface area contributed by atoms with Crippen molar-refractivity contribution in [3.8, 4) is 0 Å². The van der Waals surface area contributed by atoms with Crippen molar-refractivity contribution in [1.82, 2.24) is 3.30 Å². The zero-order valence-electron chi connectivity index (χ0n) is 24.2. The van der Waals surface area contributed by atoms with E-state index in [4.69, 9.17) is 3.30 Å². The van der Waals surface area contributed by atoms with E-state index in [-0.39, 0.29) is 31.5 Å². The molecule has 1 aromatic carbocycles. The number of nitrogens with one attached hydrogen (secondary N) is 1. The largest absolute Gasteiger partial charge is 0.147 e. The molecule has 0 spiro atoms. The third-order valence-corrected chi connectivity index (χ3v) is 43.7. The van der Waals surface area contributed by atoms with Gasteiger partial charge in [0.15, 0.2) is 0 Å². The van der Waals surface area contributed by atoms with Gasteiger partial charge in [0.2, 0.25) is 0 Å². The van der Waals surface area contributed by atoms with Crippen LogP contribution in [0.15, 0.2) is 44.3 Å². The molecule has 1 saturated carbocycles. The molecule has 2 aliphatic rings. The molecule has 3 rings (SSSR count). The molecule has 1 fully saturated rings. The Labute approximate surface area is 241 Å². The van der Waals surface area contributed by atoms with Gasteiger partial charge in [-0.15, -0.1) is 24.8 Å². The van der Waals surface area contributed by atoms with Crippen LogP contribution >= 0.6 is 24.8 Å². The molecule has 0 saturated heterocycles. The second kappa shape index (κ2) is 16.3. The number of benzene rings is 1. The van der Waals surface area contributed by atoms with Crippen LogP contribution in [0.5, 0.6) is 0 Å². The average Bonchev–Trinajstić information content (AvgIpc) is 3.02. The fraction of sp³-hybridized carbons (Fsp3) is 0.667. The number of nitrogens with zero attached hydrogens (tertiary/aromatic N) is 1. The zero-order valence-corrected chi connectivity index (χ0v) is 30.9. The molecule has 0 aliphatic heterocycles. The number of halogens is 2. The van der Waals surface area contributed by atoms with Gasteiger partial charge in [-0.25, -0.2) is 0 Å². The first-order chi connectivity index (χ1) is 16.3. The summed E-state index contributed by atoms with van der Waals surface area (Å²) in [5.74, 6) is 0.614. The SMILES string of the molecule is C[SiH2][Hf]([NH]C1CCCCCCCCCCC1)([C]1=C(C)C(C)=C(C)C1C)[c]1ccccc1N(C)C.Cl.Cl. The normalized spacial score (nSPS) is 22.5. The molecule has 0 heterocycles. The Morgan fingerprint density at radius 1 is 0.806 bits per heavy atom. The number of rotatable bonds is 6. The van der Waals surface area contributed by atoms with Gasteiger partial charge in [0, 0.05) is 0 Å². The summed E-state index contributed by atoms with van der Waals surface area (Å²) < 4.78 is 8.34. The van der Waals surface area contributed by atoms with Gasteiger partial charge in [-0.1, -0.05) is 0 Å². The number of hydrogen-bond donors (Lipinski definition) is 1. The molecule has 2 aliphatic carbocycles. The maximum atomic E-state index is 4.70. The van der Waals surface area contributed by atoms with Crippen molar-refractivity contribution in [2.24, 2.45) is 5.92 Å². The molecule has 2 atom stereocenters. The number of para-hydroxylation sites is 1. The summed E-state index contributed by atoms with van der Waals surface area (Å²) in [6.07, 6.45) is 15.7. The van der Waals surface area contributed by atoms with E-state index in [0.717, 1.165) is 0 Å². The standard InChI is InChI=1S/C12H24N.C9H13.C8H10N.CH5Si.2ClH.Hf/c13-12-10-8-6-4-2-1-3-5-7-9-11-12;1-6-5-7(2)9(4)8(6)3;1-9(2)8-6-4-3-5-7-8;1-2;;;/h12-13H,1-11H2;6H,1-4H3;3-6H,1-2H3;2H2,1H3;2*1H;/q-1;;;;;;+1. The van der Waals surface area contributed by atoms with Crippen molar-refractivity contribution in [3.63, 3.8) is 0 Å². The molecule has 0 amide bonds. The first-order valence-electron chi connectivity index (χ1n) is 14.3. The second-order valence-corrected chi connectivity index (χ2v) is 39.8. The molecule has 1 N–H and O–H groups in total. The molecule has 36 heavy (non-hydrogen) atoms. The molecule has 206 valence electrons. The van der Waals surface area contributed by atoms with Gasteiger partial charge >= 0.3 is 219 Å². The molecule has 1 aromatic rings. The monoisotopic (exact) mass is 720 g/mol. The minimum Gasteiger partial charge on any atom is -0.147 e. The Balaban J connectivity index is 0.00000324. The molecule has 2 nitrogen and oxygen atoms in total. The van der Waals surface area contributed by atoms with Crippen molar-refractivity contribution in [1.29, 1.82) is 0 Å². The van der Waals surface area contributed by atoms with Gasteiger partial charge in [0.1, 0.15) is 0 Å². The summed E-state index contributed by atoms with van der Waals surface area (Å²) in [4.78, 5) is 2.39. The Bertz CT molecular complexity index is 873. The Hall–Kier alpha value is 0.127. The Morgan fingerprint density at radius 2 is 1.31 bits per heavy atom. The molecule has 0 aromatic heterocycles. The van der Waals surface area contributed by atoms with Crippen molar-refractivity contribution in [2.75, 3.05) is 19.0 Å². The van der Waals surface area contributed by atoms with Crippen LogP contribution in [0.3, 0.4) is 0 Å². The van der Waals surface area contributed by atoms with E-state index in [1.807, 2.05) is 3.33 Å². The molecular weight excluding hydrogens is 666 g/mol. The summed E-state index contributed by atoms with van der Waals surface area (Å²) in [5, 5.41) is 0. The van der Waals surface area contributed by atoms with Gasteiger partial charge in [-0.05, 0) is 0 Å². The fourth-order valence-electron chi connectivity index (χ4n) is 6.72. The van der Waals surface area contributed by atoms with Gasteiger partial charge in [-0.2, -0.15) is 0 Å². The number of allylic oxidation sites excluding steroid dienone is 4. The second-order valence-electron chi connectivity index (χ2n) is 11.3. The smallest absolute Gasteiger partial charge is 0.147 e. The van der Waals surface area contributed by atoms with Crippen LogP contribution < -0.4 is 11.5 Å². The minimum absolute atomic E-state index is 0. The molecule has 0 radical (unpaired) electrons. The summed E-state index contributed by atoms with van der Waals surface area (Å²) in [6.45, 7) is 12.1. The quantitative estimate of drug-likeness (QED) is 0.301. The van der Waals surface area contributed by atoms with E-state index in [1.54, 1.807) is 20.0 Å². The summed E-state index contributed by atoms with van der Waals surface area (Å²) in [7, 11) is 4.50. The summed E-state index contributed by atoms with van der Waals surface area (Å²) >= 11 is -3.24. The zero-order chi connectivity index (χ0) is 24.7. The molecular formula is C30H54Cl2HfN2Si. The summed E-state index contributed by atoms with van der Waals surface area (Å²) in [6, 6.07) is 10.2. The van der Waals surface area contributed by atoms with E-state index >= 15 is 0 Å². The number of anilines is 1. The maximum Gasteiger partial charge on any atom is -0.147 e. The van der Waals surface area contributed by atoms with Gasteiger partial charge in [0.05, 0.1) is 0 Å². The van der Waals surface area contributed by atoms with Crippen molar-refractivity contribution in [2.45, 2.75) is 111 Å². The first kappa shape index (κ1) is 34.2. The third-order valence-electron chi connectivity index (χ3n) is 9.03. The topological polar surface area (TPSA) is 15.3 Å². The predicted molar refractivity (Wildman–Crippen MR) is 167 cm³/mol. The van der Waals surface area contributed by atoms with E-state index in [9.17, 15) is 0 Å². The third kappa shape index (κ3) is 7.84. The van der Waals surface area contributed by atoms with Crippen LogP contribution in [-0.4, -0.2) is 26.8 Å².